The fraction of sp³-hybridized carbons (Fsp3) is 0.529. The van der Waals surface area contributed by atoms with Gasteiger partial charge in [-0.3, -0.25) is 9.59 Å². The SMILES string of the molecule is CCCNC(=O)C[NH+]1CCN(C(=O)CSc2ccccc2Cl)CC1. The third-order valence-electron chi connectivity index (χ3n) is 3.99. The monoisotopic (exact) mass is 370 g/mol. The van der Waals surface area contributed by atoms with Gasteiger partial charge in [-0.25, -0.2) is 0 Å². The number of hydrogen-bond donors (Lipinski definition) is 2. The number of thioether (sulfide) groups is 1. The summed E-state index contributed by atoms with van der Waals surface area (Å²) in [5, 5.41) is 3.58. The van der Waals surface area contributed by atoms with Crippen molar-refractivity contribution >= 4 is 35.2 Å². The number of nitrogens with one attached hydrogen (secondary N) is 2. The van der Waals surface area contributed by atoms with Gasteiger partial charge in [0.25, 0.3) is 5.91 Å². The quantitative estimate of drug-likeness (QED) is 0.694. The molecule has 1 heterocycles. The number of quaternary nitrogens is 1. The molecule has 1 fully saturated rings. The summed E-state index contributed by atoms with van der Waals surface area (Å²) in [4.78, 5) is 28.1. The summed E-state index contributed by atoms with van der Waals surface area (Å²) in [7, 11) is 0. The number of halogens is 1. The summed E-state index contributed by atoms with van der Waals surface area (Å²) in [6.07, 6.45) is 0.951. The molecule has 0 aliphatic carbocycles. The second-order valence-electron chi connectivity index (χ2n) is 5.88. The van der Waals surface area contributed by atoms with Gasteiger partial charge >= 0.3 is 0 Å². The first kappa shape index (κ1) is 19.1. The smallest absolute Gasteiger partial charge is 0.275 e. The second-order valence-corrected chi connectivity index (χ2v) is 7.30. The molecule has 1 aliphatic heterocycles. The molecule has 0 aromatic heterocycles. The van der Waals surface area contributed by atoms with Crippen molar-refractivity contribution in [2.75, 3.05) is 45.0 Å². The zero-order chi connectivity index (χ0) is 17.4. The lowest BCUT2D eigenvalue weighted by molar-refractivity contribution is -0.896. The van der Waals surface area contributed by atoms with E-state index in [0.29, 0.717) is 30.4 Å². The summed E-state index contributed by atoms with van der Waals surface area (Å²) in [5.74, 6) is 0.631. The average Bonchev–Trinajstić information content (AvgIpc) is 2.59. The van der Waals surface area contributed by atoms with Crippen LogP contribution in [0.25, 0.3) is 0 Å². The van der Waals surface area contributed by atoms with Crippen LogP contribution in [0.3, 0.4) is 0 Å². The summed E-state index contributed by atoms with van der Waals surface area (Å²) >= 11 is 7.59. The molecule has 132 valence electrons. The van der Waals surface area contributed by atoms with Gasteiger partial charge < -0.3 is 15.1 Å². The van der Waals surface area contributed by atoms with E-state index in [4.69, 9.17) is 11.6 Å². The maximum Gasteiger partial charge on any atom is 0.275 e. The van der Waals surface area contributed by atoms with Crippen molar-refractivity contribution in [3.63, 3.8) is 0 Å². The van der Waals surface area contributed by atoms with E-state index in [0.717, 1.165) is 31.0 Å². The molecule has 5 nitrogen and oxygen atoms in total. The molecule has 0 radical (unpaired) electrons. The van der Waals surface area contributed by atoms with Crippen LogP contribution in [0, 0.1) is 0 Å². The van der Waals surface area contributed by atoms with Crippen LogP contribution in [-0.4, -0.2) is 61.7 Å². The molecule has 7 heteroatoms. The van der Waals surface area contributed by atoms with Gasteiger partial charge in [-0.05, 0) is 18.6 Å². The van der Waals surface area contributed by atoms with Gasteiger partial charge in [-0.15, -0.1) is 11.8 Å². The number of amides is 2. The van der Waals surface area contributed by atoms with Gasteiger partial charge in [0.05, 0.1) is 37.0 Å². The van der Waals surface area contributed by atoms with Crippen molar-refractivity contribution in [2.24, 2.45) is 0 Å². The predicted molar refractivity (Wildman–Crippen MR) is 97.6 cm³/mol. The van der Waals surface area contributed by atoms with E-state index in [9.17, 15) is 9.59 Å². The first-order valence-electron chi connectivity index (χ1n) is 8.35. The second kappa shape index (κ2) is 9.91. The van der Waals surface area contributed by atoms with Crippen LogP contribution in [0.15, 0.2) is 29.2 Å². The number of rotatable bonds is 7. The molecule has 0 saturated carbocycles. The number of carbonyl (C=O) groups excluding carboxylic acids is 2. The highest BCUT2D eigenvalue weighted by atomic mass is 35.5. The molecule has 1 saturated heterocycles. The largest absolute Gasteiger partial charge is 0.351 e. The highest BCUT2D eigenvalue weighted by Gasteiger charge is 2.25. The first-order valence-corrected chi connectivity index (χ1v) is 9.72. The minimum atomic E-state index is 0.0981. The van der Waals surface area contributed by atoms with E-state index < -0.39 is 0 Å². The number of nitrogens with zero attached hydrogens (tertiary/aromatic N) is 1. The van der Waals surface area contributed by atoms with Gasteiger partial charge in [0, 0.05) is 11.4 Å². The van der Waals surface area contributed by atoms with E-state index in [1.807, 2.05) is 36.1 Å². The molecule has 1 aliphatic rings. The molecule has 2 N–H and O–H groups in total. The predicted octanol–water partition coefficient (Wildman–Crippen LogP) is 0.685. The van der Waals surface area contributed by atoms with Crippen molar-refractivity contribution < 1.29 is 14.5 Å². The summed E-state index contributed by atoms with van der Waals surface area (Å²) in [6.45, 7) is 6.32. The Morgan fingerprint density at radius 1 is 1.29 bits per heavy atom. The third-order valence-corrected chi connectivity index (χ3v) is 5.49. The van der Waals surface area contributed by atoms with Crippen LogP contribution in [0.4, 0.5) is 0 Å². The van der Waals surface area contributed by atoms with Gasteiger partial charge in [-0.2, -0.15) is 0 Å². The number of carbonyl (C=O) groups is 2. The Bertz CT molecular complexity index is 563. The average molecular weight is 371 g/mol. The van der Waals surface area contributed by atoms with Gasteiger partial charge in [0.2, 0.25) is 5.91 Å². The van der Waals surface area contributed by atoms with Crippen molar-refractivity contribution in [1.82, 2.24) is 10.2 Å². The lowest BCUT2D eigenvalue weighted by Gasteiger charge is -2.31. The molecule has 0 unspecified atom stereocenters. The molecule has 2 amide bonds. The van der Waals surface area contributed by atoms with E-state index in [2.05, 4.69) is 5.32 Å². The van der Waals surface area contributed by atoms with Crippen LogP contribution < -0.4 is 10.2 Å². The van der Waals surface area contributed by atoms with E-state index >= 15 is 0 Å². The minimum Gasteiger partial charge on any atom is -0.351 e. The topological polar surface area (TPSA) is 53.9 Å². The Balaban J connectivity index is 1.71. The van der Waals surface area contributed by atoms with Gasteiger partial charge in [0.1, 0.15) is 0 Å². The highest BCUT2D eigenvalue weighted by Crippen LogP contribution is 2.26. The molecular formula is C17H25ClN3O2S+. The van der Waals surface area contributed by atoms with Gasteiger partial charge in [0.15, 0.2) is 6.54 Å². The molecule has 0 bridgehead atoms. The third kappa shape index (κ3) is 6.00. The molecule has 0 atom stereocenters. The number of benzene rings is 1. The van der Waals surface area contributed by atoms with E-state index in [1.54, 1.807) is 0 Å². The zero-order valence-electron chi connectivity index (χ0n) is 14.0. The molecular weight excluding hydrogens is 346 g/mol. The van der Waals surface area contributed by atoms with Crippen LogP contribution in [0.2, 0.25) is 5.02 Å². The van der Waals surface area contributed by atoms with Crippen molar-refractivity contribution in [3.05, 3.63) is 29.3 Å². The Morgan fingerprint density at radius 2 is 2.00 bits per heavy atom. The standard InChI is InChI=1S/C17H24ClN3O2S/c1-2-7-19-16(22)12-20-8-10-21(11-9-20)17(23)13-24-15-6-4-3-5-14(15)18/h3-6H,2,7-13H2,1H3,(H,19,22)/p+1. The maximum absolute atomic E-state index is 12.3. The summed E-state index contributed by atoms with van der Waals surface area (Å²) in [6, 6.07) is 7.56. The molecule has 1 aromatic rings. The Labute approximate surface area is 152 Å². The minimum absolute atomic E-state index is 0.0981. The molecule has 24 heavy (non-hydrogen) atoms. The van der Waals surface area contributed by atoms with Crippen LogP contribution in [0.5, 0.6) is 0 Å². The maximum atomic E-state index is 12.3. The lowest BCUT2D eigenvalue weighted by Crippen LogP contribution is -3.15. The molecule has 2 rings (SSSR count). The Hall–Kier alpha value is -1.24. The fourth-order valence-electron chi connectivity index (χ4n) is 2.60. The van der Waals surface area contributed by atoms with Crippen LogP contribution in [0.1, 0.15) is 13.3 Å². The number of hydrogen-bond acceptors (Lipinski definition) is 3. The van der Waals surface area contributed by atoms with Crippen molar-refractivity contribution in [2.45, 2.75) is 18.2 Å². The van der Waals surface area contributed by atoms with E-state index in [1.165, 1.54) is 16.7 Å². The first-order chi connectivity index (χ1) is 11.6. The zero-order valence-corrected chi connectivity index (χ0v) is 15.6. The normalized spacial score (nSPS) is 15.3. The summed E-state index contributed by atoms with van der Waals surface area (Å²) in [5.41, 5.74) is 0. The Kier molecular flexibility index (Phi) is 7.88. The molecule has 1 aromatic carbocycles. The molecule has 0 spiro atoms. The highest BCUT2D eigenvalue weighted by molar-refractivity contribution is 8.00. The van der Waals surface area contributed by atoms with Crippen LogP contribution >= 0.6 is 23.4 Å². The lowest BCUT2D eigenvalue weighted by atomic mass is 10.3. The number of piperazine rings is 1. The van der Waals surface area contributed by atoms with Crippen LogP contribution in [-0.2, 0) is 9.59 Å². The fourth-order valence-corrected chi connectivity index (χ4v) is 3.74. The van der Waals surface area contributed by atoms with E-state index in [-0.39, 0.29) is 11.8 Å². The summed E-state index contributed by atoms with van der Waals surface area (Å²) < 4.78 is 0. The Morgan fingerprint density at radius 3 is 2.67 bits per heavy atom. The van der Waals surface area contributed by atoms with Gasteiger partial charge in [-0.1, -0.05) is 30.7 Å². The van der Waals surface area contributed by atoms with Crippen molar-refractivity contribution in [3.8, 4) is 0 Å². The van der Waals surface area contributed by atoms with Crippen molar-refractivity contribution in [1.29, 1.82) is 0 Å².